The fourth-order valence-electron chi connectivity index (χ4n) is 0.685. The van der Waals surface area contributed by atoms with Gasteiger partial charge in [-0.25, -0.2) is 0 Å². The molecular formula is C7H9ClO2. The fraction of sp³-hybridized carbons (Fsp3) is 0.571. The van der Waals surface area contributed by atoms with Gasteiger partial charge in [-0.1, -0.05) is 11.6 Å². The largest absolute Gasteiger partial charge is 0.466 e. The van der Waals surface area contributed by atoms with E-state index in [1.54, 1.807) is 0 Å². The maximum atomic E-state index is 10.3. The van der Waals surface area contributed by atoms with Gasteiger partial charge in [0.1, 0.15) is 0 Å². The number of carbonyl (C=O) groups excluding carboxylic acids is 1. The maximum Gasteiger partial charge on any atom is 0.302 e. The van der Waals surface area contributed by atoms with Crippen LogP contribution in [-0.2, 0) is 9.53 Å². The molecule has 0 aromatic carbocycles. The molecule has 0 saturated carbocycles. The summed E-state index contributed by atoms with van der Waals surface area (Å²) in [5, 5.41) is 0.937. The van der Waals surface area contributed by atoms with Gasteiger partial charge in [0.2, 0.25) is 0 Å². The van der Waals surface area contributed by atoms with E-state index in [1.807, 2.05) is 0 Å². The lowest BCUT2D eigenvalue weighted by Crippen LogP contribution is -1.99. The number of halogens is 1. The van der Waals surface area contributed by atoms with Gasteiger partial charge in [-0.15, -0.1) is 0 Å². The Kier molecular flexibility index (Phi) is 2.33. The molecular weight excluding hydrogens is 152 g/mol. The molecule has 56 valence electrons. The highest BCUT2D eigenvalue weighted by molar-refractivity contribution is 6.32. The number of rotatable bonds is 3. The van der Waals surface area contributed by atoms with E-state index in [2.05, 4.69) is 0 Å². The molecule has 1 aliphatic rings. The highest BCUT2D eigenvalue weighted by atomic mass is 35.5. The predicted octanol–water partition coefficient (Wildman–Crippen LogP) is 1.84. The molecule has 1 rings (SSSR count). The first-order chi connectivity index (χ1) is 4.70. The van der Waals surface area contributed by atoms with Gasteiger partial charge in [-0.2, -0.15) is 0 Å². The van der Waals surface area contributed by atoms with E-state index in [4.69, 9.17) is 16.3 Å². The Labute approximate surface area is 64.8 Å². The van der Waals surface area contributed by atoms with E-state index in [-0.39, 0.29) is 5.97 Å². The lowest BCUT2D eigenvalue weighted by Gasteiger charge is -1.96. The van der Waals surface area contributed by atoms with Gasteiger partial charge in [0.25, 0.3) is 0 Å². The number of carbonyl (C=O) groups is 1. The molecule has 0 spiro atoms. The molecule has 0 heterocycles. The molecule has 1 aliphatic carbocycles. The van der Waals surface area contributed by atoms with Gasteiger partial charge in [0, 0.05) is 24.8 Å². The van der Waals surface area contributed by atoms with E-state index >= 15 is 0 Å². The van der Waals surface area contributed by atoms with Crippen LogP contribution in [0.1, 0.15) is 19.8 Å². The van der Waals surface area contributed by atoms with Crippen molar-refractivity contribution in [2.45, 2.75) is 19.8 Å². The van der Waals surface area contributed by atoms with Crippen molar-refractivity contribution in [1.82, 2.24) is 0 Å². The summed E-state index contributed by atoms with van der Waals surface area (Å²) in [4.78, 5) is 10.3. The van der Waals surface area contributed by atoms with E-state index in [0.29, 0.717) is 6.61 Å². The Morgan fingerprint density at radius 1 is 1.80 bits per heavy atom. The standard InChI is InChI=1S/C7H9ClO2/c1-5(9)10-3-2-6-4-7(6)8/h2-4H2,1H3. The molecule has 2 nitrogen and oxygen atoms in total. The van der Waals surface area contributed by atoms with Gasteiger partial charge in [-0.05, 0) is 5.57 Å². The summed E-state index contributed by atoms with van der Waals surface area (Å²) in [6.07, 6.45) is 1.72. The molecule has 0 unspecified atom stereocenters. The molecule has 0 aliphatic heterocycles. The van der Waals surface area contributed by atoms with Gasteiger partial charge >= 0.3 is 5.97 Å². The summed E-state index contributed by atoms with van der Waals surface area (Å²) in [5.41, 5.74) is 1.22. The summed E-state index contributed by atoms with van der Waals surface area (Å²) in [6.45, 7) is 1.88. The quantitative estimate of drug-likeness (QED) is 0.589. The highest BCUT2D eigenvalue weighted by Crippen LogP contribution is 2.36. The SMILES string of the molecule is CC(=O)OCCC1=C(Cl)C1. The van der Waals surface area contributed by atoms with Crippen LogP contribution in [0.4, 0.5) is 0 Å². The predicted molar refractivity (Wildman–Crippen MR) is 38.7 cm³/mol. The zero-order chi connectivity index (χ0) is 7.56. The summed E-state index contributed by atoms with van der Waals surface area (Å²) in [5.74, 6) is -0.225. The Balaban J connectivity index is 2.02. The average Bonchev–Trinajstić information content (AvgIpc) is 2.46. The first-order valence-corrected chi connectivity index (χ1v) is 3.57. The molecule has 3 heteroatoms. The summed E-state index contributed by atoms with van der Waals surface area (Å²) >= 11 is 5.61. The zero-order valence-corrected chi connectivity index (χ0v) is 6.57. The number of hydrogen-bond donors (Lipinski definition) is 0. The van der Waals surface area contributed by atoms with E-state index in [1.165, 1.54) is 12.5 Å². The van der Waals surface area contributed by atoms with E-state index < -0.39 is 0 Å². The van der Waals surface area contributed by atoms with Crippen molar-refractivity contribution in [2.75, 3.05) is 6.61 Å². The van der Waals surface area contributed by atoms with Crippen molar-refractivity contribution >= 4 is 17.6 Å². The lowest BCUT2D eigenvalue weighted by molar-refractivity contribution is -0.140. The second kappa shape index (κ2) is 3.06. The van der Waals surface area contributed by atoms with Crippen molar-refractivity contribution in [1.29, 1.82) is 0 Å². The van der Waals surface area contributed by atoms with Crippen molar-refractivity contribution in [3.63, 3.8) is 0 Å². The first-order valence-electron chi connectivity index (χ1n) is 3.20. The lowest BCUT2D eigenvalue weighted by atomic mass is 10.4. The molecule has 0 fully saturated rings. The van der Waals surface area contributed by atoms with Crippen molar-refractivity contribution in [3.05, 3.63) is 10.6 Å². The molecule has 0 aromatic heterocycles. The van der Waals surface area contributed by atoms with E-state index in [9.17, 15) is 4.79 Å². The second-order valence-electron chi connectivity index (χ2n) is 2.28. The minimum Gasteiger partial charge on any atom is -0.466 e. The second-order valence-corrected chi connectivity index (χ2v) is 2.73. The Bertz CT molecular complexity index is 184. The van der Waals surface area contributed by atoms with Crippen molar-refractivity contribution in [2.24, 2.45) is 0 Å². The fourth-order valence-corrected chi connectivity index (χ4v) is 0.941. The number of allylic oxidation sites excluding steroid dienone is 1. The third-order valence-corrected chi connectivity index (χ3v) is 1.74. The monoisotopic (exact) mass is 160 g/mol. The number of ether oxygens (including phenoxy) is 1. The van der Waals surface area contributed by atoms with E-state index in [0.717, 1.165) is 17.9 Å². The molecule has 0 atom stereocenters. The molecule has 0 N–H and O–H groups in total. The van der Waals surface area contributed by atoms with Gasteiger partial charge < -0.3 is 4.74 Å². The van der Waals surface area contributed by atoms with Gasteiger partial charge in [0.15, 0.2) is 0 Å². The number of esters is 1. The van der Waals surface area contributed by atoms with Crippen LogP contribution < -0.4 is 0 Å². The topological polar surface area (TPSA) is 26.3 Å². The maximum absolute atomic E-state index is 10.3. The van der Waals surface area contributed by atoms with Crippen LogP contribution in [-0.4, -0.2) is 12.6 Å². The molecule has 0 radical (unpaired) electrons. The third-order valence-electron chi connectivity index (χ3n) is 1.34. The molecule has 0 saturated heterocycles. The van der Waals surface area contributed by atoms with Crippen LogP contribution in [0.15, 0.2) is 10.6 Å². The Morgan fingerprint density at radius 3 is 2.80 bits per heavy atom. The highest BCUT2D eigenvalue weighted by Gasteiger charge is 2.18. The average molecular weight is 161 g/mol. The summed E-state index contributed by atoms with van der Waals surface area (Å²) < 4.78 is 4.71. The van der Waals surface area contributed by atoms with Gasteiger partial charge in [0.05, 0.1) is 6.61 Å². The molecule has 0 amide bonds. The van der Waals surface area contributed by atoms with Crippen LogP contribution in [0.2, 0.25) is 0 Å². The smallest absolute Gasteiger partial charge is 0.302 e. The summed E-state index contributed by atoms with van der Waals surface area (Å²) in [7, 11) is 0. The zero-order valence-electron chi connectivity index (χ0n) is 5.82. The molecule has 0 aromatic rings. The van der Waals surface area contributed by atoms with Crippen molar-refractivity contribution in [3.8, 4) is 0 Å². The minimum atomic E-state index is -0.225. The van der Waals surface area contributed by atoms with Crippen LogP contribution in [0, 0.1) is 0 Å². The van der Waals surface area contributed by atoms with Crippen LogP contribution in [0.3, 0.4) is 0 Å². The van der Waals surface area contributed by atoms with Crippen LogP contribution in [0.25, 0.3) is 0 Å². The van der Waals surface area contributed by atoms with Crippen LogP contribution >= 0.6 is 11.6 Å². The number of hydrogen-bond acceptors (Lipinski definition) is 2. The molecule has 0 bridgehead atoms. The third kappa shape index (κ3) is 2.40. The first kappa shape index (κ1) is 7.61. The van der Waals surface area contributed by atoms with Crippen LogP contribution in [0.5, 0.6) is 0 Å². The normalized spacial score (nSPS) is 15.4. The van der Waals surface area contributed by atoms with Crippen molar-refractivity contribution < 1.29 is 9.53 Å². The molecule has 10 heavy (non-hydrogen) atoms. The van der Waals surface area contributed by atoms with Gasteiger partial charge in [-0.3, -0.25) is 4.79 Å². The minimum absolute atomic E-state index is 0.225. The Morgan fingerprint density at radius 2 is 2.40 bits per heavy atom. The Hall–Kier alpha value is -0.500. The summed E-state index contributed by atoms with van der Waals surface area (Å²) in [6, 6.07) is 0.